The van der Waals surface area contributed by atoms with Crippen LogP contribution in [0.2, 0.25) is 0 Å². The summed E-state index contributed by atoms with van der Waals surface area (Å²) in [5.41, 5.74) is 1.76. The number of anilines is 1. The Balaban J connectivity index is 2.10. The Morgan fingerprint density at radius 3 is 2.60 bits per heavy atom. The average Bonchev–Trinajstić information content (AvgIpc) is 2.11. The van der Waals surface area contributed by atoms with Crippen LogP contribution in [-0.4, -0.2) is 27.2 Å². The second kappa shape index (κ2) is 4.19. The highest BCUT2D eigenvalue weighted by Crippen LogP contribution is 2.20. The molecule has 2 nitrogen and oxygen atoms in total. The Kier molecular flexibility index (Phi) is 2.91. The lowest BCUT2D eigenvalue weighted by molar-refractivity contribution is 0.346. The van der Waals surface area contributed by atoms with Gasteiger partial charge in [-0.05, 0) is 43.1 Å². The van der Waals surface area contributed by atoms with Crippen LogP contribution in [0.25, 0.3) is 0 Å². The van der Waals surface area contributed by atoms with Crippen LogP contribution in [0.15, 0.2) is 18.2 Å². The fourth-order valence-corrected chi connectivity index (χ4v) is 1.87. The van der Waals surface area contributed by atoms with Gasteiger partial charge in [0.25, 0.3) is 0 Å². The molecule has 0 spiro atoms. The Bertz CT molecular complexity index is 345. The van der Waals surface area contributed by atoms with E-state index in [1.807, 2.05) is 26.2 Å². The van der Waals surface area contributed by atoms with E-state index in [4.69, 9.17) is 0 Å². The first-order valence-electron chi connectivity index (χ1n) is 5.33. The minimum atomic E-state index is -0.121. The van der Waals surface area contributed by atoms with Crippen molar-refractivity contribution in [2.45, 2.75) is 6.42 Å². The van der Waals surface area contributed by atoms with Gasteiger partial charge < -0.3 is 10.2 Å². The molecule has 0 saturated carbocycles. The highest BCUT2D eigenvalue weighted by molar-refractivity contribution is 5.47. The predicted molar refractivity (Wildman–Crippen MR) is 60.8 cm³/mol. The van der Waals surface area contributed by atoms with Crippen LogP contribution in [0.4, 0.5) is 10.1 Å². The van der Waals surface area contributed by atoms with E-state index in [2.05, 4.69) is 5.32 Å². The number of hydrogen-bond acceptors (Lipinski definition) is 2. The van der Waals surface area contributed by atoms with Gasteiger partial charge in [0.2, 0.25) is 0 Å². The molecule has 1 aromatic rings. The second-order valence-electron chi connectivity index (χ2n) is 4.41. The summed E-state index contributed by atoms with van der Waals surface area (Å²) < 4.78 is 13.6. The molecule has 1 aromatic carbocycles. The first-order chi connectivity index (χ1) is 7.16. The Morgan fingerprint density at radius 1 is 1.40 bits per heavy atom. The minimum absolute atomic E-state index is 0.121. The molecule has 1 aliphatic heterocycles. The maximum absolute atomic E-state index is 13.6. The minimum Gasteiger partial charge on any atom is -0.375 e. The number of nitrogens with one attached hydrogen (secondary N) is 1. The van der Waals surface area contributed by atoms with E-state index in [1.165, 1.54) is 0 Å². The zero-order valence-corrected chi connectivity index (χ0v) is 9.26. The maximum atomic E-state index is 13.6. The van der Waals surface area contributed by atoms with Crippen LogP contribution >= 0.6 is 0 Å². The third-order valence-corrected chi connectivity index (χ3v) is 2.88. The Labute approximate surface area is 90.1 Å². The van der Waals surface area contributed by atoms with Crippen LogP contribution in [0.5, 0.6) is 0 Å². The maximum Gasteiger partial charge on any atom is 0.146 e. The van der Waals surface area contributed by atoms with Gasteiger partial charge in [0.05, 0.1) is 5.69 Å². The molecule has 15 heavy (non-hydrogen) atoms. The topological polar surface area (TPSA) is 15.3 Å². The van der Waals surface area contributed by atoms with Crippen LogP contribution < -0.4 is 10.2 Å². The summed E-state index contributed by atoms with van der Waals surface area (Å²) >= 11 is 0. The summed E-state index contributed by atoms with van der Waals surface area (Å²) in [6.07, 6.45) is 0.984. The molecule has 0 radical (unpaired) electrons. The third-order valence-electron chi connectivity index (χ3n) is 2.88. The van der Waals surface area contributed by atoms with E-state index in [-0.39, 0.29) is 5.82 Å². The van der Waals surface area contributed by atoms with Crippen molar-refractivity contribution in [3.05, 3.63) is 29.6 Å². The molecule has 0 bridgehead atoms. The molecule has 0 aliphatic carbocycles. The van der Waals surface area contributed by atoms with Crippen molar-refractivity contribution in [3.63, 3.8) is 0 Å². The molecule has 3 heteroatoms. The number of hydrogen-bond donors (Lipinski definition) is 1. The molecule has 0 unspecified atom stereocenters. The van der Waals surface area contributed by atoms with Crippen molar-refractivity contribution in [3.8, 4) is 0 Å². The van der Waals surface area contributed by atoms with Gasteiger partial charge in [-0.25, -0.2) is 4.39 Å². The van der Waals surface area contributed by atoms with Crippen molar-refractivity contribution in [1.29, 1.82) is 0 Å². The van der Waals surface area contributed by atoms with Crippen molar-refractivity contribution in [2.24, 2.45) is 5.92 Å². The fourth-order valence-electron chi connectivity index (χ4n) is 1.87. The van der Waals surface area contributed by atoms with Crippen molar-refractivity contribution >= 4 is 5.69 Å². The summed E-state index contributed by atoms with van der Waals surface area (Å²) in [5.74, 6) is 0.569. The van der Waals surface area contributed by atoms with Gasteiger partial charge in [-0.1, -0.05) is 6.07 Å². The number of nitrogens with zero attached hydrogens (tertiary/aromatic N) is 1. The second-order valence-corrected chi connectivity index (χ2v) is 4.41. The van der Waals surface area contributed by atoms with E-state index in [9.17, 15) is 4.39 Å². The van der Waals surface area contributed by atoms with E-state index in [0.29, 0.717) is 11.6 Å². The molecule has 0 aromatic heterocycles. The SMILES string of the molecule is CN(C)c1ccc(CC2CNC2)cc1F. The molecule has 0 atom stereocenters. The lowest BCUT2D eigenvalue weighted by Crippen LogP contribution is -2.43. The first kappa shape index (κ1) is 10.4. The molecule has 0 amide bonds. The number of halogens is 1. The summed E-state index contributed by atoms with van der Waals surface area (Å²) in [6, 6.07) is 5.54. The normalized spacial score (nSPS) is 16.2. The van der Waals surface area contributed by atoms with Crippen LogP contribution in [0, 0.1) is 11.7 Å². The van der Waals surface area contributed by atoms with E-state index >= 15 is 0 Å². The van der Waals surface area contributed by atoms with Crippen molar-refractivity contribution in [2.75, 3.05) is 32.1 Å². The molecule has 1 fully saturated rings. The first-order valence-corrected chi connectivity index (χ1v) is 5.33. The highest BCUT2D eigenvalue weighted by Gasteiger charge is 2.17. The van der Waals surface area contributed by atoms with Crippen molar-refractivity contribution in [1.82, 2.24) is 5.32 Å². The Morgan fingerprint density at radius 2 is 2.13 bits per heavy atom. The van der Waals surface area contributed by atoms with Crippen LogP contribution in [0.1, 0.15) is 5.56 Å². The Hall–Kier alpha value is -1.09. The summed E-state index contributed by atoms with van der Waals surface area (Å²) in [5, 5.41) is 3.22. The monoisotopic (exact) mass is 208 g/mol. The molecule has 1 saturated heterocycles. The highest BCUT2D eigenvalue weighted by atomic mass is 19.1. The fraction of sp³-hybridized carbons (Fsp3) is 0.500. The zero-order chi connectivity index (χ0) is 10.8. The average molecular weight is 208 g/mol. The van der Waals surface area contributed by atoms with Gasteiger partial charge in [-0.3, -0.25) is 0 Å². The molecule has 82 valence electrons. The standard InChI is InChI=1S/C12H17FN2/c1-15(2)12-4-3-9(6-11(12)13)5-10-7-14-8-10/h3-4,6,10,14H,5,7-8H2,1-2H3. The lowest BCUT2D eigenvalue weighted by atomic mass is 9.94. The van der Waals surface area contributed by atoms with E-state index in [0.717, 1.165) is 25.1 Å². The van der Waals surface area contributed by atoms with E-state index < -0.39 is 0 Å². The van der Waals surface area contributed by atoms with Gasteiger partial charge in [-0.2, -0.15) is 0 Å². The van der Waals surface area contributed by atoms with Gasteiger partial charge >= 0.3 is 0 Å². The summed E-state index contributed by atoms with van der Waals surface area (Å²) in [6.45, 7) is 2.13. The van der Waals surface area contributed by atoms with Crippen molar-refractivity contribution < 1.29 is 4.39 Å². The van der Waals surface area contributed by atoms with Gasteiger partial charge in [0.15, 0.2) is 0 Å². The van der Waals surface area contributed by atoms with E-state index in [1.54, 1.807) is 11.0 Å². The quantitative estimate of drug-likeness (QED) is 0.812. The van der Waals surface area contributed by atoms with Gasteiger partial charge in [0.1, 0.15) is 5.82 Å². The third kappa shape index (κ3) is 2.29. The molecule has 2 rings (SSSR count). The molecule has 1 aliphatic rings. The molecule has 1 N–H and O–H groups in total. The molecular formula is C12H17FN2. The lowest BCUT2D eigenvalue weighted by Gasteiger charge is -2.27. The number of benzene rings is 1. The summed E-state index contributed by atoms with van der Waals surface area (Å²) in [4.78, 5) is 1.80. The largest absolute Gasteiger partial charge is 0.375 e. The van der Waals surface area contributed by atoms with Gasteiger partial charge in [0, 0.05) is 14.1 Å². The van der Waals surface area contributed by atoms with Gasteiger partial charge in [-0.15, -0.1) is 0 Å². The summed E-state index contributed by atoms with van der Waals surface area (Å²) in [7, 11) is 3.71. The van der Waals surface area contributed by atoms with Crippen LogP contribution in [-0.2, 0) is 6.42 Å². The molecule has 1 heterocycles. The predicted octanol–water partition coefficient (Wildman–Crippen LogP) is 1.65. The molecular weight excluding hydrogens is 191 g/mol. The zero-order valence-electron chi connectivity index (χ0n) is 9.26. The smallest absolute Gasteiger partial charge is 0.146 e. The van der Waals surface area contributed by atoms with Crippen LogP contribution in [0.3, 0.4) is 0 Å². The number of rotatable bonds is 3.